The van der Waals surface area contributed by atoms with Gasteiger partial charge < -0.3 is 10.2 Å². The van der Waals surface area contributed by atoms with Crippen molar-refractivity contribution < 1.29 is 19.8 Å². The smallest absolute Gasteiger partial charge is 0.244 e. The van der Waals surface area contributed by atoms with Crippen LogP contribution >= 0.6 is 0 Å². The number of aliphatic hydroxyl groups is 2. The Balaban J connectivity index is 4.63. The zero-order chi connectivity index (χ0) is 11.4. The van der Waals surface area contributed by atoms with Crippen LogP contribution in [0.15, 0.2) is 11.6 Å². The monoisotopic (exact) mass is 201 g/mol. The van der Waals surface area contributed by atoms with E-state index in [0.717, 1.165) is 0 Å². The molecule has 0 aromatic heterocycles. The number of rotatable bonds is 5. The Morgan fingerprint density at radius 3 is 2.07 bits per heavy atom. The van der Waals surface area contributed by atoms with Crippen molar-refractivity contribution in [3.05, 3.63) is 11.6 Å². The maximum Gasteiger partial charge on any atom is 0.244 e. The summed E-state index contributed by atoms with van der Waals surface area (Å²) in [6, 6.07) is 0. The average molecular weight is 201 g/mol. The van der Waals surface area contributed by atoms with Crippen molar-refractivity contribution >= 4 is 11.6 Å². The van der Waals surface area contributed by atoms with Crippen molar-refractivity contribution in [3.8, 4) is 0 Å². The average Bonchev–Trinajstić information content (AvgIpc) is 1.94. The van der Waals surface area contributed by atoms with Gasteiger partial charge in [-0.1, -0.05) is 6.08 Å². The van der Waals surface area contributed by atoms with E-state index in [0.29, 0.717) is 0 Å². The van der Waals surface area contributed by atoms with Gasteiger partial charge in [0.15, 0.2) is 0 Å². The molecule has 0 atom stereocenters. The maximum absolute atomic E-state index is 10.7. The molecule has 0 heterocycles. The highest BCUT2D eigenvalue weighted by Crippen LogP contribution is 2.13. The zero-order valence-electron chi connectivity index (χ0n) is 8.28. The third kappa shape index (κ3) is 5.58. The summed E-state index contributed by atoms with van der Waals surface area (Å²) in [5, 5.41) is 18.1. The molecule has 0 radical (unpaired) electrons. The molecule has 0 aromatic rings. The molecule has 4 N–H and O–H groups in total. The van der Waals surface area contributed by atoms with E-state index in [-0.39, 0.29) is 30.0 Å². The molecular weight excluding hydrogens is 186 g/mol. The molecule has 0 bridgehead atoms. The Bertz CT molecular complexity index is 262. The third-order valence-corrected chi connectivity index (χ3v) is 1.55. The van der Waals surface area contributed by atoms with Crippen LogP contribution in [-0.4, -0.2) is 27.7 Å². The molecular formula is C9H15NO4. The second-order valence-corrected chi connectivity index (χ2v) is 3.24. The Morgan fingerprint density at radius 2 is 1.79 bits per heavy atom. The highest BCUT2D eigenvalue weighted by molar-refractivity contribution is 5.80. The number of hydrogen-bond donors (Lipinski definition) is 3. The second-order valence-electron chi connectivity index (χ2n) is 3.24. The quantitative estimate of drug-likeness (QED) is 0.410. The molecule has 0 saturated carbocycles. The van der Waals surface area contributed by atoms with Crippen LogP contribution < -0.4 is 5.73 Å². The molecule has 0 aliphatic carbocycles. The second kappa shape index (κ2) is 4.99. The van der Waals surface area contributed by atoms with Gasteiger partial charge in [-0.05, 0) is 13.8 Å². The summed E-state index contributed by atoms with van der Waals surface area (Å²) in [4.78, 5) is 21.4. The summed E-state index contributed by atoms with van der Waals surface area (Å²) in [7, 11) is 0. The maximum atomic E-state index is 10.7. The topological polar surface area (TPSA) is 101 Å². The molecule has 0 aliphatic heterocycles. The van der Waals surface area contributed by atoms with Gasteiger partial charge in [0.25, 0.3) is 0 Å². The number of carbonyl (C=O) groups is 2. The molecule has 5 nitrogen and oxygen atoms in total. The van der Waals surface area contributed by atoms with Crippen LogP contribution in [0, 0.1) is 0 Å². The molecule has 80 valence electrons. The van der Waals surface area contributed by atoms with E-state index in [2.05, 4.69) is 0 Å². The number of Topliss-reactive ketones (excluding diaryl/α,β-unsaturated/α-hetero) is 2. The molecule has 0 rings (SSSR count). The van der Waals surface area contributed by atoms with Crippen molar-refractivity contribution in [1.29, 1.82) is 0 Å². The molecule has 5 heteroatoms. The van der Waals surface area contributed by atoms with E-state index in [1.165, 1.54) is 19.9 Å². The number of ketones is 2. The van der Waals surface area contributed by atoms with Crippen molar-refractivity contribution in [2.24, 2.45) is 5.73 Å². The summed E-state index contributed by atoms with van der Waals surface area (Å²) in [5.74, 6) is -2.92. The van der Waals surface area contributed by atoms with Gasteiger partial charge in [0.05, 0.1) is 0 Å². The van der Waals surface area contributed by atoms with Crippen LogP contribution in [0.5, 0.6) is 0 Å². The highest BCUT2D eigenvalue weighted by Gasteiger charge is 2.23. The first-order chi connectivity index (χ1) is 6.23. The lowest BCUT2D eigenvalue weighted by Crippen LogP contribution is -2.41. The van der Waals surface area contributed by atoms with Crippen molar-refractivity contribution in [1.82, 2.24) is 0 Å². The lowest BCUT2D eigenvalue weighted by Gasteiger charge is -2.18. The predicted octanol–water partition coefficient (Wildman–Crippen LogP) is -0.532. The minimum absolute atomic E-state index is 0.0304. The standard InChI is InChI=1S/C9H15NO4/c1-6(11)3-4-8(5-7(2)12)9(10,13)14/h4,13-14H,3,5,10H2,1-2H3/b8-4-. The first-order valence-corrected chi connectivity index (χ1v) is 4.15. The van der Waals surface area contributed by atoms with Crippen molar-refractivity contribution in [2.45, 2.75) is 32.6 Å². The molecule has 0 aromatic carbocycles. The first kappa shape index (κ1) is 13.0. The predicted molar refractivity (Wildman–Crippen MR) is 50.0 cm³/mol. The lowest BCUT2D eigenvalue weighted by molar-refractivity contribution is -0.131. The molecule has 0 saturated heterocycles. The van der Waals surface area contributed by atoms with Gasteiger partial charge in [0.1, 0.15) is 11.6 Å². The van der Waals surface area contributed by atoms with Gasteiger partial charge in [-0.15, -0.1) is 0 Å². The SMILES string of the molecule is CC(=O)C/C=C(/CC(C)=O)C(N)(O)O. The fourth-order valence-electron chi connectivity index (χ4n) is 0.888. The Hall–Kier alpha value is -1.04. The zero-order valence-corrected chi connectivity index (χ0v) is 8.28. The summed E-state index contributed by atoms with van der Waals surface area (Å²) in [6.07, 6.45) is 1.13. The summed E-state index contributed by atoms with van der Waals surface area (Å²) < 4.78 is 0. The molecule has 0 fully saturated rings. The van der Waals surface area contributed by atoms with Gasteiger partial charge in [-0.25, -0.2) is 0 Å². The van der Waals surface area contributed by atoms with Crippen LogP contribution in [0.25, 0.3) is 0 Å². The fourth-order valence-corrected chi connectivity index (χ4v) is 0.888. The fraction of sp³-hybridized carbons (Fsp3) is 0.556. The van der Waals surface area contributed by atoms with E-state index in [1.54, 1.807) is 0 Å². The molecule has 0 aliphatic rings. The van der Waals surface area contributed by atoms with Gasteiger partial charge in [-0.3, -0.25) is 15.3 Å². The number of allylic oxidation sites excluding steroid dienone is 1. The summed E-state index contributed by atoms with van der Waals surface area (Å²) >= 11 is 0. The molecule has 0 amide bonds. The number of carbonyl (C=O) groups excluding carboxylic acids is 2. The van der Waals surface area contributed by atoms with Crippen LogP contribution in [0.3, 0.4) is 0 Å². The minimum atomic E-state index is -2.53. The summed E-state index contributed by atoms with van der Waals surface area (Å²) in [5.41, 5.74) is 4.94. The third-order valence-electron chi connectivity index (χ3n) is 1.55. The van der Waals surface area contributed by atoms with Gasteiger partial charge >= 0.3 is 0 Å². The first-order valence-electron chi connectivity index (χ1n) is 4.15. The Morgan fingerprint density at radius 1 is 1.29 bits per heavy atom. The minimum Gasteiger partial charge on any atom is -0.350 e. The van der Waals surface area contributed by atoms with Crippen molar-refractivity contribution in [3.63, 3.8) is 0 Å². The number of hydrogen-bond acceptors (Lipinski definition) is 5. The van der Waals surface area contributed by atoms with E-state index in [9.17, 15) is 9.59 Å². The van der Waals surface area contributed by atoms with Crippen LogP contribution in [0.2, 0.25) is 0 Å². The molecule has 0 spiro atoms. The van der Waals surface area contributed by atoms with Crippen molar-refractivity contribution in [2.75, 3.05) is 0 Å². The van der Waals surface area contributed by atoms with Crippen LogP contribution in [0.1, 0.15) is 26.7 Å². The van der Waals surface area contributed by atoms with Gasteiger partial charge in [0.2, 0.25) is 5.91 Å². The van der Waals surface area contributed by atoms with Crippen LogP contribution in [-0.2, 0) is 9.59 Å². The normalized spacial score (nSPS) is 12.8. The summed E-state index contributed by atoms with van der Waals surface area (Å²) in [6.45, 7) is 2.65. The van der Waals surface area contributed by atoms with Gasteiger partial charge in [0, 0.05) is 18.4 Å². The van der Waals surface area contributed by atoms with E-state index >= 15 is 0 Å². The number of nitrogens with two attached hydrogens (primary N) is 1. The molecule has 14 heavy (non-hydrogen) atoms. The highest BCUT2D eigenvalue weighted by atomic mass is 16.5. The Kier molecular flexibility index (Phi) is 4.62. The van der Waals surface area contributed by atoms with Gasteiger partial charge in [-0.2, -0.15) is 0 Å². The van der Waals surface area contributed by atoms with E-state index < -0.39 is 5.91 Å². The molecule has 0 unspecified atom stereocenters. The van der Waals surface area contributed by atoms with E-state index in [1.807, 2.05) is 0 Å². The largest absolute Gasteiger partial charge is 0.350 e. The van der Waals surface area contributed by atoms with Crippen LogP contribution in [0.4, 0.5) is 0 Å². The van der Waals surface area contributed by atoms with E-state index in [4.69, 9.17) is 15.9 Å². The Labute approximate surface area is 82.2 Å². The lowest BCUT2D eigenvalue weighted by atomic mass is 10.0.